The fourth-order valence-electron chi connectivity index (χ4n) is 1.60. The molecule has 3 heteroatoms. The maximum Gasteiger partial charge on any atom is 0.170 e. The Morgan fingerprint density at radius 1 is 0.667 bits per heavy atom. The van der Waals surface area contributed by atoms with Crippen LogP contribution in [0.2, 0.25) is 0 Å². The van der Waals surface area contributed by atoms with E-state index >= 15 is 0 Å². The first-order valence-corrected chi connectivity index (χ1v) is 5.44. The summed E-state index contributed by atoms with van der Waals surface area (Å²) in [4.78, 5) is 23.6. The Hall–Kier alpha value is -1.51. The molecule has 0 saturated carbocycles. The van der Waals surface area contributed by atoms with Crippen LogP contribution < -0.4 is 0 Å². The molecule has 0 saturated heterocycles. The molecular formula is C15H12O2Ti. The van der Waals surface area contributed by atoms with Crippen LogP contribution in [0.1, 0.15) is 27.1 Å². The van der Waals surface area contributed by atoms with Crippen LogP contribution in [0.4, 0.5) is 0 Å². The Balaban J connectivity index is 0.00000162. The van der Waals surface area contributed by atoms with Crippen molar-refractivity contribution in [3.05, 3.63) is 71.8 Å². The molecular weight excluding hydrogens is 260 g/mol. The van der Waals surface area contributed by atoms with Crippen molar-refractivity contribution in [2.45, 2.75) is 6.42 Å². The van der Waals surface area contributed by atoms with E-state index in [1.54, 1.807) is 48.5 Å². The van der Waals surface area contributed by atoms with Gasteiger partial charge in [-0.2, -0.15) is 0 Å². The van der Waals surface area contributed by atoms with Crippen LogP contribution in [0, 0.1) is 0 Å². The fourth-order valence-corrected chi connectivity index (χ4v) is 1.60. The molecule has 0 radical (unpaired) electrons. The number of carbonyl (C=O) groups excluding carboxylic acids is 2. The predicted octanol–water partition coefficient (Wildman–Crippen LogP) is 3.14. The van der Waals surface area contributed by atoms with Crippen LogP contribution in [-0.2, 0) is 21.7 Å². The quantitative estimate of drug-likeness (QED) is 0.487. The number of benzene rings is 2. The van der Waals surface area contributed by atoms with Crippen LogP contribution >= 0.6 is 0 Å². The number of hydrogen-bond donors (Lipinski definition) is 0. The molecule has 18 heavy (non-hydrogen) atoms. The summed E-state index contributed by atoms with van der Waals surface area (Å²) >= 11 is 0. The number of rotatable bonds is 4. The molecule has 2 nitrogen and oxygen atoms in total. The van der Waals surface area contributed by atoms with Crippen molar-refractivity contribution >= 4 is 11.6 Å². The van der Waals surface area contributed by atoms with Crippen LogP contribution in [-0.4, -0.2) is 11.6 Å². The van der Waals surface area contributed by atoms with Crippen molar-refractivity contribution in [1.82, 2.24) is 0 Å². The van der Waals surface area contributed by atoms with Gasteiger partial charge in [-0.05, 0) is 0 Å². The van der Waals surface area contributed by atoms with E-state index in [1.165, 1.54) is 0 Å². The molecule has 2 aromatic carbocycles. The van der Waals surface area contributed by atoms with Crippen LogP contribution in [0.25, 0.3) is 0 Å². The van der Waals surface area contributed by atoms with Gasteiger partial charge in [-0.25, -0.2) is 0 Å². The summed E-state index contributed by atoms with van der Waals surface area (Å²) in [5.41, 5.74) is 1.16. The number of Topliss-reactive ketones (excluding diaryl/α,β-unsaturated/α-hetero) is 2. The van der Waals surface area contributed by atoms with Gasteiger partial charge in [0.1, 0.15) is 0 Å². The summed E-state index contributed by atoms with van der Waals surface area (Å²) in [6.07, 6.45) is -0.0754. The van der Waals surface area contributed by atoms with Gasteiger partial charge >= 0.3 is 0 Å². The standard InChI is InChI=1S/C15H12O2.Ti/c16-14(12-7-3-1-4-8-12)11-15(17)13-9-5-2-6-10-13;/h1-10H,11H2;. The zero-order valence-electron chi connectivity index (χ0n) is 9.80. The van der Waals surface area contributed by atoms with Gasteiger partial charge in [0.05, 0.1) is 6.42 Å². The third-order valence-corrected chi connectivity index (χ3v) is 2.51. The van der Waals surface area contributed by atoms with Crippen LogP contribution in [0.3, 0.4) is 0 Å². The zero-order valence-corrected chi connectivity index (χ0v) is 11.4. The zero-order chi connectivity index (χ0) is 12.1. The Kier molecular flexibility index (Phi) is 5.70. The van der Waals surface area contributed by atoms with Gasteiger partial charge in [0.25, 0.3) is 0 Å². The third-order valence-electron chi connectivity index (χ3n) is 2.51. The van der Waals surface area contributed by atoms with Gasteiger partial charge in [-0.1, -0.05) is 60.7 Å². The third kappa shape index (κ3) is 3.76. The summed E-state index contributed by atoms with van der Waals surface area (Å²) in [6.45, 7) is 0. The van der Waals surface area contributed by atoms with Crippen molar-refractivity contribution < 1.29 is 31.3 Å². The van der Waals surface area contributed by atoms with Crippen molar-refractivity contribution in [2.75, 3.05) is 0 Å². The van der Waals surface area contributed by atoms with E-state index in [-0.39, 0.29) is 39.7 Å². The first kappa shape index (κ1) is 14.6. The number of carbonyl (C=O) groups is 2. The maximum absolute atomic E-state index is 11.8. The molecule has 0 unspecified atom stereocenters. The molecule has 2 aromatic rings. The van der Waals surface area contributed by atoms with E-state index in [0.717, 1.165) is 0 Å². The first-order valence-electron chi connectivity index (χ1n) is 5.44. The second-order valence-electron chi connectivity index (χ2n) is 3.76. The molecule has 0 spiro atoms. The molecule has 0 aliphatic rings. The first-order chi connectivity index (χ1) is 8.27. The molecule has 0 aromatic heterocycles. The predicted molar refractivity (Wildman–Crippen MR) is 66.2 cm³/mol. The van der Waals surface area contributed by atoms with E-state index in [9.17, 15) is 9.59 Å². The van der Waals surface area contributed by atoms with Gasteiger partial charge in [-0.15, -0.1) is 0 Å². The summed E-state index contributed by atoms with van der Waals surface area (Å²) in [6, 6.07) is 17.7. The maximum atomic E-state index is 11.8. The summed E-state index contributed by atoms with van der Waals surface area (Å²) < 4.78 is 0. The topological polar surface area (TPSA) is 34.1 Å². The molecule has 0 amide bonds. The molecule has 88 valence electrons. The monoisotopic (exact) mass is 272 g/mol. The summed E-state index contributed by atoms with van der Waals surface area (Å²) in [5.74, 6) is -0.279. The minimum atomic E-state index is -0.139. The van der Waals surface area contributed by atoms with Crippen molar-refractivity contribution in [2.24, 2.45) is 0 Å². The van der Waals surface area contributed by atoms with E-state index in [4.69, 9.17) is 0 Å². The van der Waals surface area contributed by atoms with Gasteiger partial charge in [0.15, 0.2) is 11.6 Å². The number of ketones is 2. The second kappa shape index (κ2) is 7.05. The normalized spacial score (nSPS) is 9.33. The van der Waals surface area contributed by atoms with E-state index in [2.05, 4.69) is 0 Å². The molecule has 0 aliphatic carbocycles. The van der Waals surface area contributed by atoms with Gasteiger partial charge in [0.2, 0.25) is 0 Å². The molecule has 2 rings (SSSR count). The molecule has 0 atom stereocenters. The second-order valence-corrected chi connectivity index (χ2v) is 3.76. The average Bonchev–Trinajstić information content (AvgIpc) is 2.40. The molecule has 0 N–H and O–H groups in total. The summed E-state index contributed by atoms with van der Waals surface area (Å²) in [7, 11) is 0. The van der Waals surface area contributed by atoms with Gasteiger partial charge in [-0.3, -0.25) is 9.59 Å². The smallest absolute Gasteiger partial charge is 0.170 e. The van der Waals surface area contributed by atoms with Crippen molar-refractivity contribution in [3.8, 4) is 0 Å². The Morgan fingerprint density at radius 2 is 1.00 bits per heavy atom. The van der Waals surface area contributed by atoms with E-state index in [1.807, 2.05) is 12.1 Å². The Labute approximate surface area is 121 Å². The van der Waals surface area contributed by atoms with Crippen LogP contribution in [0.15, 0.2) is 60.7 Å². The molecule has 0 bridgehead atoms. The Bertz CT molecular complexity index is 471. The van der Waals surface area contributed by atoms with E-state index in [0.29, 0.717) is 11.1 Å². The Morgan fingerprint density at radius 3 is 1.33 bits per heavy atom. The van der Waals surface area contributed by atoms with Gasteiger partial charge in [0, 0.05) is 32.8 Å². The van der Waals surface area contributed by atoms with Crippen molar-refractivity contribution in [3.63, 3.8) is 0 Å². The molecule has 0 aliphatic heterocycles. The number of hydrogen-bond acceptors (Lipinski definition) is 2. The largest absolute Gasteiger partial charge is 0.294 e. The molecule has 0 fully saturated rings. The minimum Gasteiger partial charge on any atom is -0.294 e. The van der Waals surface area contributed by atoms with Crippen LogP contribution in [0.5, 0.6) is 0 Å². The van der Waals surface area contributed by atoms with E-state index < -0.39 is 0 Å². The fraction of sp³-hybridized carbons (Fsp3) is 0.0667. The average molecular weight is 272 g/mol. The molecule has 0 heterocycles. The SMILES string of the molecule is O=C(CC(=O)c1ccccc1)c1ccccc1.[Ti]. The van der Waals surface area contributed by atoms with Crippen molar-refractivity contribution in [1.29, 1.82) is 0 Å². The van der Waals surface area contributed by atoms with Gasteiger partial charge < -0.3 is 0 Å². The summed E-state index contributed by atoms with van der Waals surface area (Å²) in [5, 5.41) is 0. The minimum absolute atomic E-state index is 0.